The Balaban J connectivity index is 1.90. The minimum absolute atomic E-state index is 0.251. The molecule has 1 heterocycles. The Labute approximate surface area is 103 Å². The van der Waals surface area contributed by atoms with E-state index in [4.69, 9.17) is 4.74 Å². The van der Waals surface area contributed by atoms with Crippen LogP contribution >= 0.6 is 0 Å². The number of fused-ring (bicyclic) bond motifs is 1. The van der Waals surface area contributed by atoms with Gasteiger partial charge in [0.1, 0.15) is 11.2 Å². The summed E-state index contributed by atoms with van der Waals surface area (Å²) < 4.78 is 5.91. The van der Waals surface area contributed by atoms with E-state index in [1.165, 1.54) is 0 Å². The number of aliphatic hydroxyl groups is 1. The fraction of sp³-hybridized carbons (Fsp3) is 0.600. The summed E-state index contributed by atoms with van der Waals surface area (Å²) in [5.74, 6) is 0.724. The average Bonchev–Trinajstić information content (AvgIpc) is 3.05. The summed E-state index contributed by atoms with van der Waals surface area (Å²) in [6.45, 7) is 4.17. The quantitative estimate of drug-likeness (QED) is 0.795. The molecule has 0 unspecified atom stereocenters. The van der Waals surface area contributed by atoms with Gasteiger partial charge >= 0.3 is 0 Å². The SMILES string of the molecule is C[C@@H]1CC[C@]2([C@@](C)(O)c3ccccc3)O[C@@H]2C1. The first-order valence-electron chi connectivity index (χ1n) is 6.52. The summed E-state index contributed by atoms with van der Waals surface area (Å²) >= 11 is 0. The van der Waals surface area contributed by atoms with E-state index in [1.807, 2.05) is 37.3 Å². The van der Waals surface area contributed by atoms with E-state index in [0.29, 0.717) is 0 Å². The molecular formula is C15H20O2. The highest BCUT2D eigenvalue weighted by molar-refractivity contribution is 5.30. The van der Waals surface area contributed by atoms with E-state index < -0.39 is 5.60 Å². The minimum Gasteiger partial charge on any atom is -0.382 e. The average molecular weight is 232 g/mol. The van der Waals surface area contributed by atoms with Gasteiger partial charge in [0, 0.05) is 0 Å². The lowest BCUT2D eigenvalue weighted by Crippen LogP contribution is -2.44. The van der Waals surface area contributed by atoms with Crippen LogP contribution in [0.4, 0.5) is 0 Å². The second-order valence-electron chi connectivity index (χ2n) is 5.81. The maximum Gasteiger partial charge on any atom is 0.127 e. The third kappa shape index (κ3) is 1.54. The lowest BCUT2D eigenvalue weighted by Gasteiger charge is -2.34. The van der Waals surface area contributed by atoms with Crippen LogP contribution in [0.1, 0.15) is 38.7 Å². The molecule has 2 heteroatoms. The standard InChI is InChI=1S/C15H20O2/c1-11-8-9-15(13(10-11)17-15)14(2,16)12-6-4-3-5-7-12/h3-7,11,13,16H,8-10H2,1-2H3/t11-,13-,14+,15+/m1/s1. The van der Waals surface area contributed by atoms with Gasteiger partial charge in [0.2, 0.25) is 0 Å². The van der Waals surface area contributed by atoms with E-state index >= 15 is 0 Å². The lowest BCUT2D eigenvalue weighted by atomic mass is 9.71. The van der Waals surface area contributed by atoms with Gasteiger partial charge in [0.25, 0.3) is 0 Å². The van der Waals surface area contributed by atoms with Crippen molar-refractivity contribution < 1.29 is 9.84 Å². The van der Waals surface area contributed by atoms with Crippen LogP contribution in [0.15, 0.2) is 30.3 Å². The van der Waals surface area contributed by atoms with Crippen molar-refractivity contribution >= 4 is 0 Å². The number of ether oxygens (including phenoxy) is 1. The summed E-state index contributed by atoms with van der Waals surface area (Å²) in [5.41, 5.74) is -0.211. The highest BCUT2D eigenvalue weighted by Crippen LogP contribution is 2.58. The van der Waals surface area contributed by atoms with Crippen LogP contribution < -0.4 is 0 Å². The normalized spacial score (nSPS) is 39.2. The number of hydrogen-bond acceptors (Lipinski definition) is 2. The summed E-state index contributed by atoms with van der Waals surface area (Å²) in [4.78, 5) is 0. The van der Waals surface area contributed by atoms with E-state index in [0.717, 1.165) is 30.7 Å². The third-order valence-corrected chi connectivity index (χ3v) is 4.60. The molecule has 1 saturated heterocycles. The smallest absolute Gasteiger partial charge is 0.127 e. The van der Waals surface area contributed by atoms with Crippen LogP contribution in [-0.4, -0.2) is 16.8 Å². The molecule has 0 bridgehead atoms. The summed E-state index contributed by atoms with van der Waals surface area (Å²) in [7, 11) is 0. The number of rotatable bonds is 2. The molecule has 1 aliphatic heterocycles. The second-order valence-corrected chi connectivity index (χ2v) is 5.81. The van der Waals surface area contributed by atoms with Gasteiger partial charge in [-0.25, -0.2) is 0 Å². The Kier molecular flexibility index (Phi) is 2.36. The van der Waals surface area contributed by atoms with Crippen molar-refractivity contribution in [2.45, 2.75) is 50.4 Å². The van der Waals surface area contributed by atoms with Crippen molar-refractivity contribution in [1.29, 1.82) is 0 Å². The summed E-state index contributed by atoms with van der Waals surface area (Å²) in [6, 6.07) is 9.91. The molecular weight excluding hydrogens is 212 g/mol. The fourth-order valence-electron chi connectivity index (χ4n) is 3.30. The third-order valence-electron chi connectivity index (χ3n) is 4.60. The Morgan fingerprint density at radius 1 is 1.35 bits per heavy atom. The second kappa shape index (κ2) is 3.56. The Morgan fingerprint density at radius 2 is 2.06 bits per heavy atom. The Hall–Kier alpha value is -0.860. The monoisotopic (exact) mass is 232 g/mol. The van der Waals surface area contributed by atoms with Crippen LogP contribution in [0.25, 0.3) is 0 Å². The molecule has 92 valence electrons. The number of epoxide rings is 1. The summed E-state index contributed by atoms with van der Waals surface area (Å²) in [5, 5.41) is 10.9. The molecule has 2 fully saturated rings. The predicted octanol–water partition coefficient (Wildman–Crippen LogP) is 2.85. The van der Waals surface area contributed by atoms with Crippen LogP contribution in [-0.2, 0) is 10.3 Å². The van der Waals surface area contributed by atoms with Crippen molar-refractivity contribution in [1.82, 2.24) is 0 Å². The van der Waals surface area contributed by atoms with E-state index in [-0.39, 0.29) is 11.7 Å². The predicted molar refractivity (Wildman–Crippen MR) is 66.6 cm³/mol. The van der Waals surface area contributed by atoms with Crippen LogP contribution in [0, 0.1) is 5.92 Å². The zero-order chi connectivity index (χ0) is 12.1. The van der Waals surface area contributed by atoms with Gasteiger partial charge in [-0.1, -0.05) is 37.3 Å². The first-order valence-corrected chi connectivity index (χ1v) is 6.52. The molecule has 0 aromatic heterocycles. The van der Waals surface area contributed by atoms with Crippen LogP contribution in [0.2, 0.25) is 0 Å². The van der Waals surface area contributed by atoms with Crippen molar-refractivity contribution in [3.8, 4) is 0 Å². The minimum atomic E-state index is -0.862. The highest BCUT2D eigenvalue weighted by Gasteiger charge is 2.68. The van der Waals surface area contributed by atoms with Crippen molar-refractivity contribution in [3.05, 3.63) is 35.9 Å². The number of hydrogen-bond donors (Lipinski definition) is 1. The van der Waals surface area contributed by atoms with Gasteiger partial charge in [0.15, 0.2) is 0 Å². The largest absolute Gasteiger partial charge is 0.382 e. The first-order chi connectivity index (χ1) is 8.06. The zero-order valence-corrected chi connectivity index (χ0v) is 10.5. The molecule has 1 saturated carbocycles. The van der Waals surface area contributed by atoms with Gasteiger partial charge in [-0.05, 0) is 37.7 Å². The lowest BCUT2D eigenvalue weighted by molar-refractivity contribution is -0.0350. The molecule has 1 aromatic carbocycles. The zero-order valence-electron chi connectivity index (χ0n) is 10.5. The molecule has 1 aliphatic carbocycles. The number of benzene rings is 1. The molecule has 0 radical (unpaired) electrons. The van der Waals surface area contributed by atoms with Gasteiger partial charge < -0.3 is 9.84 Å². The van der Waals surface area contributed by atoms with Crippen LogP contribution in [0.5, 0.6) is 0 Å². The van der Waals surface area contributed by atoms with Crippen molar-refractivity contribution in [2.75, 3.05) is 0 Å². The molecule has 17 heavy (non-hydrogen) atoms. The molecule has 0 spiro atoms. The van der Waals surface area contributed by atoms with Crippen molar-refractivity contribution in [2.24, 2.45) is 5.92 Å². The molecule has 3 rings (SSSR count). The van der Waals surface area contributed by atoms with Gasteiger partial charge in [-0.2, -0.15) is 0 Å². The molecule has 0 amide bonds. The maximum atomic E-state index is 10.9. The Bertz CT molecular complexity index is 412. The van der Waals surface area contributed by atoms with Gasteiger partial charge in [-0.15, -0.1) is 0 Å². The first kappa shape index (κ1) is 11.2. The highest BCUT2D eigenvalue weighted by atomic mass is 16.6. The molecule has 1 N–H and O–H groups in total. The van der Waals surface area contributed by atoms with Gasteiger partial charge in [-0.3, -0.25) is 0 Å². The van der Waals surface area contributed by atoms with Gasteiger partial charge in [0.05, 0.1) is 6.10 Å². The fourth-order valence-corrected chi connectivity index (χ4v) is 3.30. The Morgan fingerprint density at radius 3 is 2.71 bits per heavy atom. The van der Waals surface area contributed by atoms with E-state index in [1.54, 1.807) is 0 Å². The molecule has 4 atom stereocenters. The van der Waals surface area contributed by atoms with Crippen molar-refractivity contribution in [3.63, 3.8) is 0 Å². The maximum absolute atomic E-state index is 10.9. The molecule has 2 nitrogen and oxygen atoms in total. The molecule has 1 aromatic rings. The molecule has 2 aliphatic rings. The van der Waals surface area contributed by atoms with E-state index in [9.17, 15) is 5.11 Å². The topological polar surface area (TPSA) is 32.8 Å². The van der Waals surface area contributed by atoms with Crippen LogP contribution in [0.3, 0.4) is 0 Å². The van der Waals surface area contributed by atoms with E-state index in [2.05, 4.69) is 6.92 Å². The summed E-state index contributed by atoms with van der Waals surface area (Å²) in [6.07, 6.45) is 3.46.